The van der Waals surface area contributed by atoms with Crippen molar-refractivity contribution in [3.63, 3.8) is 0 Å². The zero-order valence-corrected chi connectivity index (χ0v) is 16.2. The molecule has 0 radical (unpaired) electrons. The molecule has 0 fully saturated rings. The lowest BCUT2D eigenvalue weighted by molar-refractivity contribution is 0.0949. The summed E-state index contributed by atoms with van der Waals surface area (Å²) in [7, 11) is 0. The van der Waals surface area contributed by atoms with Gasteiger partial charge in [0, 0.05) is 10.9 Å². The summed E-state index contributed by atoms with van der Waals surface area (Å²) in [6, 6.07) is 17.8. The molecule has 2 aromatic carbocycles. The molecule has 1 N–H and O–H groups in total. The van der Waals surface area contributed by atoms with Gasteiger partial charge in [-0.25, -0.2) is 4.98 Å². The van der Waals surface area contributed by atoms with Crippen LogP contribution in [0.3, 0.4) is 0 Å². The van der Waals surface area contributed by atoms with Crippen molar-refractivity contribution in [3.05, 3.63) is 88.9 Å². The van der Waals surface area contributed by atoms with Gasteiger partial charge in [-0.15, -0.1) is 0 Å². The number of hydrogen-bond donors (Lipinski definition) is 1. The molecule has 0 saturated heterocycles. The van der Waals surface area contributed by atoms with E-state index in [1.807, 2.05) is 69.3 Å². The molecule has 0 atom stereocenters. The fourth-order valence-electron chi connectivity index (χ4n) is 3.65. The van der Waals surface area contributed by atoms with Gasteiger partial charge >= 0.3 is 0 Å². The number of furan rings is 1. The average molecular weight is 370 g/mol. The van der Waals surface area contributed by atoms with Gasteiger partial charge in [-0.1, -0.05) is 42.0 Å². The van der Waals surface area contributed by atoms with Gasteiger partial charge in [0.2, 0.25) is 0 Å². The molecule has 4 heteroatoms. The van der Waals surface area contributed by atoms with Crippen molar-refractivity contribution >= 4 is 16.8 Å². The number of pyridine rings is 1. The van der Waals surface area contributed by atoms with Crippen molar-refractivity contribution in [2.75, 3.05) is 0 Å². The molecule has 4 aromatic rings. The highest BCUT2D eigenvalue weighted by Crippen LogP contribution is 2.31. The molecule has 4 rings (SSSR count). The molecule has 4 nitrogen and oxygen atoms in total. The Morgan fingerprint density at radius 2 is 1.82 bits per heavy atom. The van der Waals surface area contributed by atoms with Crippen molar-refractivity contribution < 1.29 is 9.21 Å². The number of hydrogen-bond acceptors (Lipinski definition) is 3. The summed E-state index contributed by atoms with van der Waals surface area (Å²) in [4.78, 5) is 18.1. The van der Waals surface area contributed by atoms with Gasteiger partial charge in [0.15, 0.2) is 0 Å². The summed E-state index contributed by atoms with van der Waals surface area (Å²) >= 11 is 0. The molecular weight excluding hydrogens is 348 g/mol. The molecule has 0 aliphatic carbocycles. The molecule has 140 valence electrons. The second-order valence-corrected chi connectivity index (χ2v) is 7.07. The van der Waals surface area contributed by atoms with Gasteiger partial charge in [-0.2, -0.15) is 0 Å². The van der Waals surface area contributed by atoms with Crippen molar-refractivity contribution in [3.8, 4) is 11.3 Å². The van der Waals surface area contributed by atoms with E-state index in [4.69, 9.17) is 9.40 Å². The monoisotopic (exact) mass is 370 g/mol. The number of nitrogens with one attached hydrogen (secondary N) is 1. The lowest BCUT2D eigenvalue weighted by Crippen LogP contribution is -2.24. The van der Waals surface area contributed by atoms with E-state index in [0.717, 1.165) is 44.6 Å². The van der Waals surface area contributed by atoms with E-state index in [9.17, 15) is 4.79 Å². The molecular formula is C24H22N2O2. The number of carbonyl (C=O) groups is 1. The van der Waals surface area contributed by atoms with Crippen LogP contribution in [0.5, 0.6) is 0 Å². The molecule has 1 amide bonds. The van der Waals surface area contributed by atoms with Crippen molar-refractivity contribution in [2.24, 2.45) is 0 Å². The van der Waals surface area contributed by atoms with Crippen molar-refractivity contribution in [2.45, 2.75) is 27.3 Å². The second kappa shape index (κ2) is 7.31. The molecule has 2 heterocycles. The van der Waals surface area contributed by atoms with Gasteiger partial charge < -0.3 is 9.73 Å². The average Bonchev–Trinajstić information content (AvgIpc) is 3.20. The van der Waals surface area contributed by atoms with Crippen LogP contribution < -0.4 is 5.32 Å². The third-order valence-electron chi connectivity index (χ3n) is 4.95. The fourth-order valence-corrected chi connectivity index (χ4v) is 3.65. The van der Waals surface area contributed by atoms with Gasteiger partial charge in [-0.3, -0.25) is 4.79 Å². The highest BCUT2D eigenvalue weighted by Gasteiger charge is 2.20. The van der Waals surface area contributed by atoms with E-state index in [2.05, 4.69) is 11.4 Å². The van der Waals surface area contributed by atoms with Crippen LogP contribution in [0.4, 0.5) is 0 Å². The Kier molecular flexibility index (Phi) is 4.70. The predicted molar refractivity (Wildman–Crippen MR) is 111 cm³/mol. The molecule has 28 heavy (non-hydrogen) atoms. The molecule has 2 aromatic heterocycles. The fraction of sp³-hybridized carbons (Fsp3) is 0.167. The van der Waals surface area contributed by atoms with Crippen LogP contribution in [-0.2, 0) is 6.54 Å². The standard InChI is InChI=1S/C24H22N2O2/c1-15-12-16(2)22-20(13-15)21(24(27)25-14-19-10-7-11-28-19)17(3)23(26-22)18-8-5-4-6-9-18/h4-13H,14H2,1-3H3,(H,25,27). The summed E-state index contributed by atoms with van der Waals surface area (Å²) < 4.78 is 5.34. The SMILES string of the molecule is Cc1cc(C)c2nc(-c3ccccc3)c(C)c(C(=O)NCc3ccco3)c2c1. The Balaban J connectivity index is 1.89. The van der Waals surface area contributed by atoms with Crippen LogP contribution in [0.2, 0.25) is 0 Å². The highest BCUT2D eigenvalue weighted by atomic mass is 16.3. The Morgan fingerprint density at radius 1 is 1.04 bits per heavy atom. The third-order valence-corrected chi connectivity index (χ3v) is 4.95. The smallest absolute Gasteiger partial charge is 0.252 e. The van der Waals surface area contributed by atoms with Gasteiger partial charge in [-0.05, 0) is 50.1 Å². The first kappa shape index (κ1) is 18.0. The minimum Gasteiger partial charge on any atom is -0.467 e. The van der Waals surface area contributed by atoms with Crippen LogP contribution in [0.15, 0.2) is 65.3 Å². The number of carbonyl (C=O) groups excluding carboxylic acids is 1. The second-order valence-electron chi connectivity index (χ2n) is 7.07. The van der Waals surface area contributed by atoms with Crippen molar-refractivity contribution in [1.29, 1.82) is 0 Å². The molecule has 0 saturated carbocycles. The summed E-state index contributed by atoms with van der Waals surface area (Å²) in [5, 5.41) is 3.87. The molecule has 0 aliphatic rings. The van der Waals surface area contributed by atoms with E-state index >= 15 is 0 Å². The van der Waals surface area contributed by atoms with Crippen LogP contribution in [0.25, 0.3) is 22.2 Å². The van der Waals surface area contributed by atoms with Crippen LogP contribution in [0, 0.1) is 20.8 Å². The minimum absolute atomic E-state index is 0.122. The maximum atomic E-state index is 13.2. The Hall–Kier alpha value is -3.40. The number of rotatable bonds is 4. The Bertz CT molecular complexity index is 1150. The zero-order chi connectivity index (χ0) is 19.7. The summed E-state index contributed by atoms with van der Waals surface area (Å²) in [5.74, 6) is 0.600. The zero-order valence-electron chi connectivity index (χ0n) is 16.2. The number of fused-ring (bicyclic) bond motifs is 1. The van der Waals surface area contributed by atoms with Gasteiger partial charge in [0.25, 0.3) is 5.91 Å². The van der Waals surface area contributed by atoms with E-state index in [1.165, 1.54) is 0 Å². The quantitative estimate of drug-likeness (QED) is 0.527. The van der Waals surface area contributed by atoms with Crippen LogP contribution in [-0.4, -0.2) is 10.9 Å². The summed E-state index contributed by atoms with van der Waals surface area (Å²) in [6.07, 6.45) is 1.61. The Morgan fingerprint density at radius 3 is 2.54 bits per heavy atom. The number of aromatic nitrogens is 1. The minimum atomic E-state index is -0.122. The van der Waals surface area contributed by atoms with E-state index < -0.39 is 0 Å². The topological polar surface area (TPSA) is 55.1 Å². The first-order valence-corrected chi connectivity index (χ1v) is 9.32. The lowest BCUT2D eigenvalue weighted by Gasteiger charge is -2.16. The van der Waals surface area contributed by atoms with E-state index in [0.29, 0.717) is 12.1 Å². The van der Waals surface area contributed by atoms with Crippen LogP contribution in [0.1, 0.15) is 32.8 Å². The maximum Gasteiger partial charge on any atom is 0.252 e. The van der Waals surface area contributed by atoms with Crippen molar-refractivity contribution in [1.82, 2.24) is 10.3 Å². The highest BCUT2D eigenvalue weighted by molar-refractivity contribution is 6.09. The maximum absolute atomic E-state index is 13.2. The van der Waals surface area contributed by atoms with Gasteiger partial charge in [0.1, 0.15) is 5.76 Å². The predicted octanol–water partition coefficient (Wildman–Crippen LogP) is 5.35. The van der Waals surface area contributed by atoms with Crippen LogP contribution >= 0.6 is 0 Å². The molecule has 0 spiro atoms. The number of nitrogens with zero attached hydrogens (tertiary/aromatic N) is 1. The number of aryl methyl sites for hydroxylation is 2. The van der Waals surface area contributed by atoms with E-state index in [1.54, 1.807) is 6.26 Å². The number of amides is 1. The largest absolute Gasteiger partial charge is 0.467 e. The molecule has 0 bridgehead atoms. The first-order chi connectivity index (χ1) is 13.5. The third kappa shape index (κ3) is 3.29. The van der Waals surface area contributed by atoms with E-state index in [-0.39, 0.29) is 5.91 Å². The normalized spacial score (nSPS) is 11.0. The Labute approximate surface area is 164 Å². The van der Waals surface area contributed by atoms with Gasteiger partial charge in [0.05, 0.1) is 29.6 Å². The summed E-state index contributed by atoms with van der Waals surface area (Å²) in [5.41, 5.74) is 6.41. The first-order valence-electron chi connectivity index (χ1n) is 9.32. The molecule has 0 unspecified atom stereocenters. The summed E-state index contributed by atoms with van der Waals surface area (Å²) in [6.45, 7) is 6.39. The number of benzene rings is 2. The molecule has 0 aliphatic heterocycles. The lowest BCUT2D eigenvalue weighted by atomic mass is 9.94.